The highest BCUT2D eigenvalue weighted by atomic mass is 32.1. The molecule has 1 N–H and O–H groups in total. The third-order valence-electron chi connectivity index (χ3n) is 4.73. The van der Waals surface area contributed by atoms with Gasteiger partial charge in [0.1, 0.15) is 5.01 Å². The molecule has 0 bridgehead atoms. The Labute approximate surface area is 128 Å². The van der Waals surface area contributed by atoms with E-state index in [0.717, 1.165) is 18.3 Å². The van der Waals surface area contributed by atoms with Crippen LogP contribution in [0.2, 0.25) is 0 Å². The molecule has 3 atom stereocenters. The number of aromatic nitrogens is 1. The van der Waals surface area contributed by atoms with Crippen LogP contribution in [0, 0.1) is 11.8 Å². The van der Waals surface area contributed by atoms with Crippen molar-refractivity contribution in [2.75, 3.05) is 0 Å². The lowest BCUT2D eigenvalue weighted by Crippen LogP contribution is -2.31. The maximum Gasteiger partial charge on any atom is 0.109 e. The molecular formula is C17H30N2S. The number of aryl methyl sites for hydroxylation is 1. The first-order valence-electron chi connectivity index (χ1n) is 8.30. The first-order valence-corrected chi connectivity index (χ1v) is 9.12. The van der Waals surface area contributed by atoms with Crippen molar-refractivity contribution in [1.29, 1.82) is 0 Å². The normalized spacial score (nSPS) is 25.6. The van der Waals surface area contributed by atoms with Crippen molar-refractivity contribution in [1.82, 2.24) is 10.3 Å². The summed E-state index contributed by atoms with van der Waals surface area (Å²) >= 11 is 1.87. The first kappa shape index (κ1) is 16.0. The molecule has 1 aliphatic rings. The molecule has 1 saturated carbocycles. The number of thiazole rings is 1. The van der Waals surface area contributed by atoms with E-state index in [0.29, 0.717) is 12.1 Å². The summed E-state index contributed by atoms with van der Waals surface area (Å²) in [6.45, 7) is 9.22. The lowest BCUT2D eigenvalue weighted by molar-refractivity contribution is 0.335. The van der Waals surface area contributed by atoms with E-state index < -0.39 is 0 Å². The molecule has 0 spiro atoms. The molecule has 2 rings (SSSR count). The molecule has 3 unspecified atom stereocenters. The molecule has 1 aliphatic carbocycles. The molecule has 0 saturated heterocycles. The highest BCUT2D eigenvalue weighted by molar-refractivity contribution is 7.11. The number of nitrogens with one attached hydrogen (secondary N) is 1. The van der Waals surface area contributed by atoms with Gasteiger partial charge in [-0.2, -0.15) is 0 Å². The Morgan fingerprint density at radius 1 is 1.25 bits per heavy atom. The van der Waals surface area contributed by atoms with E-state index in [2.05, 4.69) is 38.0 Å². The Balaban J connectivity index is 1.86. The maximum absolute atomic E-state index is 4.58. The van der Waals surface area contributed by atoms with Crippen molar-refractivity contribution in [3.05, 3.63) is 16.1 Å². The molecule has 114 valence electrons. The lowest BCUT2D eigenvalue weighted by atomic mass is 9.89. The number of hydrogen-bond acceptors (Lipinski definition) is 3. The third-order valence-corrected chi connectivity index (χ3v) is 6.06. The van der Waals surface area contributed by atoms with Gasteiger partial charge in [-0.25, -0.2) is 4.98 Å². The Morgan fingerprint density at radius 3 is 2.70 bits per heavy atom. The van der Waals surface area contributed by atoms with Gasteiger partial charge in [-0.3, -0.25) is 0 Å². The molecule has 0 radical (unpaired) electrons. The standard InChI is InChI=1S/C17H30N2S/c1-5-16-11-18-17(20-16)13(4)19-15-8-6-7-14(9-10-15)12(2)3/h11-15,19H,5-10H2,1-4H3. The molecule has 0 amide bonds. The zero-order valence-corrected chi connectivity index (χ0v) is 14.3. The quantitative estimate of drug-likeness (QED) is 0.776. The van der Waals surface area contributed by atoms with Crippen LogP contribution >= 0.6 is 11.3 Å². The summed E-state index contributed by atoms with van der Waals surface area (Å²) in [5.41, 5.74) is 0. The molecule has 1 aromatic rings. The van der Waals surface area contributed by atoms with Gasteiger partial charge in [0, 0.05) is 17.1 Å². The van der Waals surface area contributed by atoms with E-state index in [1.807, 2.05) is 17.5 Å². The molecule has 0 aromatic carbocycles. The second kappa shape index (κ2) is 7.56. The van der Waals surface area contributed by atoms with E-state index in [4.69, 9.17) is 0 Å². The van der Waals surface area contributed by atoms with Crippen LogP contribution in [0.1, 0.15) is 75.7 Å². The predicted octanol–water partition coefficient (Wildman–Crippen LogP) is 4.96. The third kappa shape index (κ3) is 4.29. The van der Waals surface area contributed by atoms with Gasteiger partial charge < -0.3 is 5.32 Å². The first-order chi connectivity index (χ1) is 9.60. The predicted molar refractivity (Wildman–Crippen MR) is 88.2 cm³/mol. The zero-order chi connectivity index (χ0) is 14.5. The maximum atomic E-state index is 4.58. The summed E-state index contributed by atoms with van der Waals surface area (Å²) in [6.07, 6.45) is 10.00. The van der Waals surface area contributed by atoms with E-state index in [9.17, 15) is 0 Å². The largest absolute Gasteiger partial charge is 0.305 e. The van der Waals surface area contributed by atoms with Crippen LogP contribution in [0.4, 0.5) is 0 Å². The van der Waals surface area contributed by atoms with Gasteiger partial charge in [0.05, 0.1) is 6.04 Å². The molecule has 3 heteroatoms. The molecule has 1 heterocycles. The van der Waals surface area contributed by atoms with Gasteiger partial charge in [0.2, 0.25) is 0 Å². The van der Waals surface area contributed by atoms with Crippen molar-refractivity contribution in [3.63, 3.8) is 0 Å². The summed E-state index contributed by atoms with van der Waals surface area (Å²) < 4.78 is 0. The average molecular weight is 295 g/mol. The van der Waals surface area contributed by atoms with Crippen molar-refractivity contribution < 1.29 is 0 Å². The monoisotopic (exact) mass is 294 g/mol. The van der Waals surface area contributed by atoms with Crippen LogP contribution in [0.15, 0.2) is 6.20 Å². The smallest absolute Gasteiger partial charge is 0.109 e. The minimum Gasteiger partial charge on any atom is -0.305 e. The van der Waals surface area contributed by atoms with Crippen molar-refractivity contribution in [3.8, 4) is 0 Å². The molecular weight excluding hydrogens is 264 g/mol. The van der Waals surface area contributed by atoms with E-state index in [1.165, 1.54) is 42.0 Å². The minimum absolute atomic E-state index is 0.404. The number of rotatable bonds is 5. The lowest BCUT2D eigenvalue weighted by Gasteiger charge is -2.21. The molecule has 0 aliphatic heterocycles. The van der Waals surface area contributed by atoms with Gasteiger partial charge in [-0.05, 0) is 44.4 Å². The van der Waals surface area contributed by atoms with Crippen molar-refractivity contribution in [2.45, 2.75) is 78.3 Å². The Kier molecular flexibility index (Phi) is 6.03. The van der Waals surface area contributed by atoms with Crippen LogP contribution in [0.3, 0.4) is 0 Å². The molecule has 2 nitrogen and oxygen atoms in total. The topological polar surface area (TPSA) is 24.9 Å². The molecule has 1 fully saturated rings. The second-order valence-corrected chi connectivity index (χ2v) is 7.76. The van der Waals surface area contributed by atoms with Crippen LogP contribution in [0.25, 0.3) is 0 Å². The highest BCUT2D eigenvalue weighted by Crippen LogP contribution is 2.30. The fourth-order valence-corrected chi connectivity index (χ4v) is 4.14. The Hall–Kier alpha value is -0.410. The summed E-state index contributed by atoms with van der Waals surface area (Å²) in [7, 11) is 0. The fourth-order valence-electron chi connectivity index (χ4n) is 3.27. The average Bonchev–Trinajstić information content (AvgIpc) is 2.79. The Bertz CT molecular complexity index is 399. The van der Waals surface area contributed by atoms with Crippen LogP contribution in [0.5, 0.6) is 0 Å². The van der Waals surface area contributed by atoms with E-state index >= 15 is 0 Å². The number of nitrogens with zero attached hydrogens (tertiary/aromatic N) is 1. The molecule has 20 heavy (non-hydrogen) atoms. The Morgan fingerprint density at radius 2 is 2.05 bits per heavy atom. The van der Waals surface area contributed by atoms with Crippen LogP contribution < -0.4 is 5.32 Å². The van der Waals surface area contributed by atoms with E-state index in [-0.39, 0.29) is 0 Å². The minimum atomic E-state index is 0.404. The highest BCUT2D eigenvalue weighted by Gasteiger charge is 2.22. The SMILES string of the molecule is CCc1cnc(C(C)NC2CCCC(C(C)C)CC2)s1. The summed E-state index contributed by atoms with van der Waals surface area (Å²) in [4.78, 5) is 5.97. The summed E-state index contributed by atoms with van der Waals surface area (Å²) in [5, 5.41) is 5.08. The van der Waals surface area contributed by atoms with E-state index in [1.54, 1.807) is 0 Å². The van der Waals surface area contributed by atoms with Gasteiger partial charge >= 0.3 is 0 Å². The van der Waals surface area contributed by atoms with Gasteiger partial charge in [-0.15, -0.1) is 11.3 Å². The summed E-state index contributed by atoms with van der Waals surface area (Å²) in [5.74, 6) is 1.78. The van der Waals surface area contributed by atoms with Crippen LogP contribution in [-0.2, 0) is 6.42 Å². The zero-order valence-electron chi connectivity index (χ0n) is 13.5. The van der Waals surface area contributed by atoms with Gasteiger partial charge in [0.25, 0.3) is 0 Å². The second-order valence-electron chi connectivity index (χ2n) is 6.62. The van der Waals surface area contributed by atoms with Crippen molar-refractivity contribution >= 4 is 11.3 Å². The van der Waals surface area contributed by atoms with Crippen molar-refractivity contribution in [2.24, 2.45) is 11.8 Å². The van der Waals surface area contributed by atoms with Crippen LogP contribution in [-0.4, -0.2) is 11.0 Å². The molecule has 1 aromatic heterocycles. The number of hydrogen-bond donors (Lipinski definition) is 1. The van der Waals surface area contributed by atoms with Gasteiger partial charge in [-0.1, -0.05) is 33.6 Å². The van der Waals surface area contributed by atoms with Gasteiger partial charge in [0.15, 0.2) is 0 Å². The fraction of sp³-hybridized carbons (Fsp3) is 0.824. The summed E-state index contributed by atoms with van der Waals surface area (Å²) in [6, 6.07) is 1.09.